The van der Waals surface area contributed by atoms with Crippen molar-refractivity contribution in [3.8, 4) is 5.82 Å². The van der Waals surface area contributed by atoms with Gasteiger partial charge in [0.1, 0.15) is 0 Å². The largest absolute Gasteiger partial charge is 0.381 e. The number of nitrogens with zero attached hydrogens (tertiary/aromatic N) is 3. The smallest absolute Gasteiger partial charge is 0.167 e. The zero-order valence-corrected chi connectivity index (χ0v) is 11.1. The average Bonchev–Trinajstić information content (AvgIpc) is 2.46. The molecule has 0 bridgehead atoms. The first kappa shape index (κ1) is 10.6. The standard InChI is InChI=1S/C9H8Br2N4/c1-5-2-6(10)9(13-3-5)15-4-7(11)8(12)14-15/h2-4H,1H3,(H2,12,14). The highest BCUT2D eigenvalue weighted by Gasteiger charge is 2.08. The van der Waals surface area contributed by atoms with Gasteiger partial charge >= 0.3 is 0 Å². The van der Waals surface area contributed by atoms with Crippen LogP contribution in [0.3, 0.4) is 0 Å². The Bertz CT molecular complexity index is 487. The number of nitrogen functional groups attached to an aromatic ring is 1. The predicted molar refractivity (Wildman–Crippen MR) is 65.9 cm³/mol. The van der Waals surface area contributed by atoms with Gasteiger partial charge in [-0.25, -0.2) is 9.67 Å². The molecule has 0 spiro atoms. The van der Waals surface area contributed by atoms with Gasteiger partial charge in [-0.1, -0.05) is 0 Å². The fourth-order valence-electron chi connectivity index (χ4n) is 1.17. The van der Waals surface area contributed by atoms with Crippen LogP contribution in [0.2, 0.25) is 0 Å². The summed E-state index contributed by atoms with van der Waals surface area (Å²) >= 11 is 6.74. The second-order valence-corrected chi connectivity index (χ2v) is 4.83. The van der Waals surface area contributed by atoms with E-state index in [4.69, 9.17) is 5.73 Å². The number of aromatic nitrogens is 3. The van der Waals surface area contributed by atoms with E-state index in [-0.39, 0.29) is 0 Å². The first-order valence-corrected chi connectivity index (χ1v) is 5.79. The van der Waals surface area contributed by atoms with Gasteiger partial charge in [0.2, 0.25) is 0 Å². The number of hydrogen-bond donors (Lipinski definition) is 1. The number of aryl methyl sites for hydroxylation is 1. The van der Waals surface area contributed by atoms with Crippen LogP contribution in [-0.4, -0.2) is 14.8 Å². The number of pyridine rings is 1. The highest BCUT2D eigenvalue weighted by Crippen LogP contribution is 2.23. The Labute approximate surface area is 104 Å². The molecule has 0 aliphatic carbocycles. The van der Waals surface area contributed by atoms with E-state index >= 15 is 0 Å². The number of nitrogens with two attached hydrogens (primary N) is 1. The molecule has 2 aromatic rings. The summed E-state index contributed by atoms with van der Waals surface area (Å²) in [7, 11) is 0. The maximum absolute atomic E-state index is 5.64. The molecule has 0 aliphatic heterocycles. The maximum atomic E-state index is 5.64. The summed E-state index contributed by atoms with van der Waals surface area (Å²) in [5.41, 5.74) is 6.72. The molecule has 0 unspecified atom stereocenters. The molecule has 78 valence electrons. The molecule has 0 atom stereocenters. The first-order chi connectivity index (χ1) is 7.08. The normalized spacial score (nSPS) is 10.6. The molecule has 0 fully saturated rings. The Morgan fingerprint density at radius 3 is 2.60 bits per heavy atom. The minimum Gasteiger partial charge on any atom is -0.381 e. The van der Waals surface area contributed by atoms with Crippen LogP contribution in [0.4, 0.5) is 5.82 Å². The number of anilines is 1. The van der Waals surface area contributed by atoms with Crippen molar-refractivity contribution in [3.63, 3.8) is 0 Å². The quantitative estimate of drug-likeness (QED) is 0.874. The molecule has 2 heterocycles. The molecule has 0 amide bonds. The summed E-state index contributed by atoms with van der Waals surface area (Å²) in [4.78, 5) is 4.28. The molecule has 2 rings (SSSR count). The van der Waals surface area contributed by atoms with Crippen molar-refractivity contribution in [3.05, 3.63) is 33.0 Å². The fraction of sp³-hybridized carbons (Fsp3) is 0.111. The fourth-order valence-corrected chi connectivity index (χ4v) is 2.09. The monoisotopic (exact) mass is 330 g/mol. The van der Waals surface area contributed by atoms with E-state index in [1.54, 1.807) is 17.1 Å². The van der Waals surface area contributed by atoms with Gasteiger partial charge in [-0.15, -0.1) is 5.10 Å². The molecular weight excluding hydrogens is 324 g/mol. The van der Waals surface area contributed by atoms with Crippen LogP contribution in [0.25, 0.3) is 5.82 Å². The first-order valence-electron chi connectivity index (χ1n) is 4.21. The topological polar surface area (TPSA) is 56.7 Å². The average molecular weight is 332 g/mol. The van der Waals surface area contributed by atoms with E-state index in [0.717, 1.165) is 20.3 Å². The van der Waals surface area contributed by atoms with Crippen molar-refractivity contribution >= 4 is 37.7 Å². The summed E-state index contributed by atoms with van der Waals surface area (Å²) < 4.78 is 3.28. The lowest BCUT2D eigenvalue weighted by Crippen LogP contribution is -2.00. The highest BCUT2D eigenvalue weighted by molar-refractivity contribution is 9.11. The van der Waals surface area contributed by atoms with Gasteiger partial charge in [0.15, 0.2) is 11.6 Å². The summed E-state index contributed by atoms with van der Waals surface area (Å²) in [6, 6.07) is 1.98. The molecule has 2 aromatic heterocycles. The van der Waals surface area contributed by atoms with Crippen molar-refractivity contribution in [1.29, 1.82) is 0 Å². The molecule has 4 nitrogen and oxygen atoms in total. The molecule has 0 saturated heterocycles. The third-order valence-electron chi connectivity index (χ3n) is 1.87. The zero-order valence-electron chi connectivity index (χ0n) is 7.91. The van der Waals surface area contributed by atoms with Gasteiger partial charge < -0.3 is 5.73 Å². The third-order valence-corrected chi connectivity index (χ3v) is 3.07. The molecule has 2 N–H and O–H groups in total. The van der Waals surface area contributed by atoms with Crippen LogP contribution in [0.5, 0.6) is 0 Å². The lowest BCUT2D eigenvalue weighted by molar-refractivity contribution is 0.844. The maximum Gasteiger partial charge on any atom is 0.167 e. The number of halogens is 2. The minimum atomic E-state index is 0.448. The Hall–Kier alpha value is -0.880. The second kappa shape index (κ2) is 3.94. The van der Waals surface area contributed by atoms with Crippen LogP contribution < -0.4 is 5.73 Å². The van der Waals surface area contributed by atoms with Crippen LogP contribution in [0, 0.1) is 6.92 Å². The Morgan fingerprint density at radius 1 is 1.33 bits per heavy atom. The van der Waals surface area contributed by atoms with Gasteiger partial charge in [0, 0.05) is 12.4 Å². The van der Waals surface area contributed by atoms with Crippen molar-refractivity contribution < 1.29 is 0 Å². The van der Waals surface area contributed by atoms with E-state index in [9.17, 15) is 0 Å². The Morgan fingerprint density at radius 2 is 2.07 bits per heavy atom. The van der Waals surface area contributed by atoms with Gasteiger partial charge in [0.05, 0.1) is 8.95 Å². The third kappa shape index (κ3) is 2.05. The minimum absolute atomic E-state index is 0.448. The molecule has 0 aliphatic rings. The Balaban J connectivity index is 2.54. The van der Waals surface area contributed by atoms with Crippen molar-refractivity contribution in [2.75, 3.05) is 5.73 Å². The highest BCUT2D eigenvalue weighted by atomic mass is 79.9. The van der Waals surface area contributed by atoms with Crippen molar-refractivity contribution in [2.24, 2.45) is 0 Å². The van der Waals surface area contributed by atoms with E-state index in [1.807, 2.05) is 13.0 Å². The van der Waals surface area contributed by atoms with Crippen molar-refractivity contribution in [1.82, 2.24) is 14.8 Å². The van der Waals surface area contributed by atoms with Gasteiger partial charge in [0.25, 0.3) is 0 Å². The molecule has 0 saturated carbocycles. The lowest BCUT2D eigenvalue weighted by Gasteiger charge is -2.03. The predicted octanol–water partition coefficient (Wildman–Crippen LogP) is 2.68. The molecular formula is C9H8Br2N4. The lowest BCUT2D eigenvalue weighted by atomic mass is 10.3. The second-order valence-electron chi connectivity index (χ2n) is 3.12. The molecule has 0 radical (unpaired) electrons. The summed E-state index contributed by atoms with van der Waals surface area (Å²) in [5, 5.41) is 4.13. The Kier molecular flexibility index (Phi) is 2.79. The van der Waals surface area contributed by atoms with Crippen LogP contribution in [-0.2, 0) is 0 Å². The van der Waals surface area contributed by atoms with Gasteiger partial charge in [-0.2, -0.15) is 0 Å². The number of hydrogen-bond acceptors (Lipinski definition) is 3. The molecule has 6 heteroatoms. The van der Waals surface area contributed by atoms with Crippen LogP contribution >= 0.6 is 31.9 Å². The summed E-state index contributed by atoms with van der Waals surface area (Å²) in [6.07, 6.45) is 3.56. The zero-order chi connectivity index (χ0) is 11.0. The molecule has 15 heavy (non-hydrogen) atoms. The van der Waals surface area contributed by atoms with Crippen LogP contribution in [0.1, 0.15) is 5.56 Å². The molecule has 0 aromatic carbocycles. The number of rotatable bonds is 1. The van der Waals surface area contributed by atoms with Gasteiger partial charge in [-0.05, 0) is 50.4 Å². The van der Waals surface area contributed by atoms with E-state index in [2.05, 4.69) is 41.9 Å². The van der Waals surface area contributed by atoms with E-state index < -0.39 is 0 Å². The summed E-state index contributed by atoms with van der Waals surface area (Å²) in [5.74, 6) is 1.17. The van der Waals surface area contributed by atoms with Crippen LogP contribution in [0.15, 0.2) is 27.4 Å². The van der Waals surface area contributed by atoms with Gasteiger partial charge in [-0.3, -0.25) is 0 Å². The SMILES string of the molecule is Cc1cnc(-n2cc(Br)c(N)n2)c(Br)c1. The van der Waals surface area contributed by atoms with E-state index in [0.29, 0.717) is 5.82 Å². The van der Waals surface area contributed by atoms with Crippen molar-refractivity contribution in [2.45, 2.75) is 6.92 Å². The summed E-state index contributed by atoms with van der Waals surface area (Å²) in [6.45, 7) is 1.98. The van der Waals surface area contributed by atoms with E-state index in [1.165, 1.54) is 0 Å².